The molecule has 0 amide bonds. The lowest BCUT2D eigenvalue weighted by atomic mass is 10.1. The van der Waals surface area contributed by atoms with Crippen molar-refractivity contribution in [1.82, 2.24) is 9.71 Å². The van der Waals surface area contributed by atoms with Gasteiger partial charge in [0.05, 0.1) is 5.69 Å². The molecule has 0 atom stereocenters. The minimum Gasteiger partial charge on any atom is -0.425 e. The highest BCUT2D eigenvalue weighted by molar-refractivity contribution is 5.25. The molecule has 0 aliphatic carbocycles. The van der Waals surface area contributed by atoms with Gasteiger partial charge in [0.1, 0.15) is 0 Å². The van der Waals surface area contributed by atoms with Crippen molar-refractivity contribution >= 4 is 5.95 Å². The molecule has 5 heteroatoms. The van der Waals surface area contributed by atoms with Crippen LogP contribution in [0.4, 0.5) is 5.95 Å². The molecule has 3 N–H and O–H groups in total. The topological polar surface area (TPSA) is 76.4 Å². The van der Waals surface area contributed by atoms with Crippen LogP contribution in [0.5, 0.6) is 0 Å². The Balaban J connectivity index is 2.14. The molecule has 0 aliphatic heterocycles. The van der Waals surface area contributed by atoms with E-state index in [9.17, 15) is 5.21 Å². The Kier molecular flexibility index (Phi) is 3.85. The molecule has 1 aromatic carbocycles. The van der Waals surface area contributed by atoms with Gasteiger partial charge in [-0.1, -0.05) is 24.3 Å². The maximum atomic E-state index is 9.46. The van der Waals surface area contributed by atoms with Gasteiger partial charge in [-0.3, -0.25) is 4.99 Å². The lowest BCUT2D eigenvalue weighted by Crippen LogP contribution is -2.18. The standard InChI is InChI=1S/C14H18N4O/c1-10-5-3-4-6-12(10)7-8-16-13-9-11(2)18(19)14(15)17-13/h3-6,9,19H,7-8H2,1-2H3,(H2,15,16,17). The van der Waals surface area contributed by atoms with Gasteiger partial charge in [-0.05, 0) is 31.4 Å². The fourth-order valence-corrected chi connectivity index (χ4v) is 1.89. The molecular weight excluding hydrogens is 240 g/mol. The summed E-state index contributed by atoms with van der Waals surface area (Å²) in [4.78, 5) is 8.40. The second-order valence-corrected chi connectivity index (χ2v) is 4.48. The normalized spacial score (nSPS) is 11.8. The van der Waals surface area contributed by atoms with Gasteiger partial charge in [0.25, 0.3) is 0 Å². The Morgan fingerprint density at radius 3 is 2.74 bits per heavy atom. The third kappa shape index (κ3) is 3.13. The number of nitrogens with zero attached hydrogens (tertiary/aromatic N) is 3. The summed E-state index contributed by atoms with van der Waals surface area (Å²) in [5.41, 5.74) is 9.28. The summed E-state index contributed by atoms with van der Waals surface area (Å²) in [5.74, 6) is 0.0506. The van der Waals surface area contributed by atoms with Crippen molar-refractivity contribution in [2.45, 2.75) is 20.3 Å². The summed E-state index contributed by atoms with van der Waals surface area (Å²) in [6.07, 6.45) is 0.862. The first-order chi connectivity index (χ1) is 9.08. The second-order valence-electron chi connectivity index (χ2n) is 4.48. The smallest absolute Gasteiger partial charge is 0.236 e. The van der Waals surface area contributed by atoms with Gasteiger partial charge in [-0.15, -0.1) is 0 Å². The summed E-state index contributed by atoms with van der Waals surface area (Å²) in [6, 6.07) is 9.95. The van der Waals surface area contributed by atoms with E-state index in [0.717, 1.165) is 11.2 Å². The number of aryl methyl sites for hydroxylation is 2. The van der Waals surface area contributed by atoms with Crippen molar-refractivity contribution in [2.24, 2.45) is 4.99 Å². The number of aromatic nitrogens is 2. The predicted molar refractivity (Wildman–Crippen MR) is 73.9 cm³/mol. The molecule has 0 bridgehead atoms. The average Bonchev–Trinajstić information content (AvgIpc) is 2.38. The molecule has 19 heavy (non-hydrogen) atoms. The Bertz CT molecular complexity index is 620. The summed E-state index contributed by atoms with van der Waals surface area (Å²) in [6.45, 7) is 4.48. The Morgan fingerprint density at radius 1 is 1.32 bits per heavy atom. The summed E-state index contributed by atoms with van der Waals surface area (Å²) < 4.78 is 0.848. The van der Waals surface area contributed by atoms with Crippen molar-refractivity contribution in [3.8, 4) is 0 Å². The quantitative estimate of drug-likeness (QED) is 0.818. The zero-order valence-electron chi connectivity index (χ0n) is 11.2. The number of nitrogen functional groups attached to an aromatic ring is 1. The molecule has 5 nitrogen and oxygen atoms in total. The number of hydrogen-bond donors (Lipinski definition) is 2. The highest BCUT2D eigenvalue weighted by atomic mass is 16.5. The molecule has 2 aromatic rings. The van der Waals surface area contributed by atoms with E-state index in [1.54, 1.807) is 13.0 Å². The molecule has 0 saturated carbocycles. The van der Waals surface area contributed by atoms with Crippen molar-refractivity contribution in [1.29, 1.82) is 0 Å². The maximum absolute atomic E-state index is 9.46. The molecule has 0 radical (unpaired) electrons. The highest BCUT2D eigenvalue weighted by Gasteiger charge is 2.00. The van der Waals surface area contributed by atoms with E-state index >= 15 is 0 Å². The number of anilines is 1. The SMILES string of the molecule is Cc1ccccc1CCN=c1cc(C)n(O)c(N)n1. The van der Waals surface area contributed by atoms with Crippen LogP contribution in [-0.2, 0) is 6.42 Å². The summed E-state index contributed by atoms with van der Waals surface area (Å²) in [7, 11) is 0. The minimum atomic E-state index is 0.0506. The van der Waals surface area contributed by atoms with Gasteiger partial charge in [0.2, 0.25) is 5.95 Å². The number of hydrogen-bond acceptors (Lipinski definition) is 4. The highest BCUT2D eigenvalue weighted by Crippen LogP contribution is 2.07. The number of rotatable bonds is 3. The first-order valence-electron chi connectivity index (χ1n) is 6.18. The predicted octanol–water partition coefficient (Wildman–Crippen LogP) is 1.46. The fourth-order valence-electron chi connectivity index (χ4n) is 1.89. The Labute approximate surface area is 112 Å². The van der Waals surface area contributed by atoms with E-state index in [1.807, 2.05) is 12.1 Å². The molecule has 0 aliphatic rings. The van der Waals surface area contributed by atoms with Gasteiger partial charge < -0.3 is 10.9 Å². The molecular formula is C14H18N4O. The van der Waals surface area contributed by atoms with Gasteiger partial charge in [0, 0.05) is 12.6 Å². The van der Waals surface area contributed by atoms with E-state index in [2.05, 4.69) is 29.0 Å². The third-order valence-electron chi connectivity index (χ3n) is 3.03. The molecule has 1 heterocycles. The van der Waals surface area contributed by atoms with E-state index in [-0.39, 0.29) is 5.95 Å². The van der Waals surface area contributed by atoms with Crippen LogP contribution < -0.4 is 11.2 Å². The van der Waals surface area contributed by atoms with Crippen LogP contribution in [0, 0.1) is 13.8 Å². The second kappa shape index (κ2) is 5.56. The summed E-state index contributed by atoms with van der Waals surface area (Å²) >= 11 is 0. The van der Waals surface area contributed by atoms with E-state index in [1.165, 1.54) is 11.1 Å². The average molecular weight is 258 g/mol. The van der Waals surface area contributed by atoms with Crippen LogP contribution in [0.1, 0.15) is 16.8 Å². The largest absolute Gasteiger partial charge is 0.425 e. The fraction of sp³-hybridized carbons (Fsp3) is 0.286. The van der Waals surface area contributed by atoms with E-state index in [4.69, 9.17) is 5.73 Å². The van der Waals surface area contributed by atoms with Gasteiger partial charge >= 0.3 is 0 Å². The molecule has 0 spiro atoms. The van der Waals surface area contributed by atoms with Crippen molar-refractivity contribution in [3.05, 3.63) is 52.6 Å². The molecule has 0 saturated heterocycles. The van der Waals surface area contributed by atoms with Gasteiger partial charge in [-0.25, -0.2) is 0 Å². The van der Waals surface area contributed by atoms with Crippen LogP contribution in [0.25, 0.3) is 0 Å². The van der Waals surface area contributed by atoms with E-state index in [0.29, 0.717) is 17.7 Å². The van der Waals surface area contributed by atoms with Crippen LogP contribution in [-0.4, -0.2) is 21.5 Å². The first kappa shape index (κ1) is 13.1. The Hall–Kier alpha value is -2.30. The molecule has 0 unspecified atom stereocenters. The Morgan fingerprint density at radius 2 is 2.05 bits per heavy atom. The number of nitrogens with two attached hydrogens (primary N) is 1. The molecule has 100 valence electrons. The first-order valence-corrected chi connectivity index (χ1v) is 6.18. The lowest BCUT2D eigenvalue weighted by Gasteiger charge is -2.05. The molecule has 2 rings (SSSR count). The number of benzene rings is 1. The van der Waals surface area contributed by atoms with Crippen LogP contribution in [0.15, 0.2) is 35.3 Å². The minimum absolute atomic E-state index is 0.0506. The third-order valence-corrected chi connectivity index (χ3v) is 3.03. The maximum Gasteiger partial charge on any atom is 0.236 e. The van der Waals surface area contributed by atoms with Gasteiger partial charge in [-0.2, -0.15) is 9.71 Å². The lowest BCUT2D eigenvalue weighted by molar-refractivity contribution is 0.180. The zero-order valence-corrected chi connectivity index (χ0v) is 11.2. The van der Waals surface area contributed by atoms with Gasteiger partial charge in [0.15, 0.2) is 5.49 Å². The molecule has 0 fully saturated rings. The summed E-state index contributed by atoms with van der Waals surface area (Å²) in [5, 5.41) is 9.46. The molecule has 1 aromatic heterocycles. The monoisotopic (exact) mass is 258 g/mol. The van der Waals surface area contributed by atoms with Crippen molar-refractivity contribution in [2.75, 3.05) is 12.3 Å². The van der Waals surface area contributed by atoms with Crippen molar-refractivity contribution < 1.29 is 5.21 Å². The van der Waals surface area contributed by atoms with Crippen LogP contribution in [0.2, 0.25) is 0 Å². The zero-order chi connectivity index (χ0) is 13.8. The van der Waals surface area contributed by atoms with Crippen molar-refractivity contribution in [3.63, 3.8) is 0 Å². The van der Waals surface area contributed by atoms with E-state index < -0.39 is 0 Å². The van der Waals surface area contributed by atoms with Crippen LogP contribution >= 0.6 is 0 Å². The van der Waals surface area contributed by atoms with Crippen LogP contribution in [0.3, 0.4) is 0 Å².